The van der Waals surface area contributed by atoms with Gasteiger partial charge in [0.25, 0.3) is 5.91 Å². The molecule has 2 N–H and O–H groups in total. The fourth-order valence-electron chi connectivity index (χ4n) is 1.34. The highest BCUT2D eigenvalue weighted by Gasteiger charge is 2.40. The second kappa shape index (κ2) is 5.94. The van der Waals surface area contributed by atoms with Crippen LogP contribution in [-0.4, -0.2) is 24.3 Å². The zero-order chi connectivity index (χ0) is 10.3. The predicted octanol–water partition coefficient (Wildman–Crippen LogP) is 1.33. The van der Waals surface area contributed by atoms with E-state index in [1.165, 1.54) is 0 Å². The quantitative estimate of drug-likeness (QED) is 0.509. The van der Waals surface area contributed by atoms with Crippen molar-refractivity contribution in [1.29, 1.82) is 0 Å². The monoisotopic (exact) mass is 189 g/mol. The Morgan fingerprint density at radius 3 is 2.54 bits per heavy atom. The number of carbonyl (C=O) groups excluding carboxylic acids is 1. The molecule has 1 amide bonds. The molecule has 0 aromatic heterocycles. The normalized spacial score (nSPS) is 26.2. The average molecular weight is 189 g/mol. The van der Waals surface area contributed by atoms with Gasteiger partial charge >= 0.3 is 0 Å². The van der Waals surface area contributed by atoms with E-state index in [9.17, 15) is 4.79 Å². The molecule has 1 saturated heterocycles. The van der Waals surface area contributed by atoms with Gasteiger partial charge < -0.3 is 4.74 Å². The maximum atomic E-state index is 11.1. The number of hydroxylamine groups is 1. The zero-order valence-electron chi connectivity index (χ0n) is 8.59. The van der Waals surface area contributed by atoms with E-state index in [1.807, 2.05) is 20.8 Å². The van der Waals surface area contributed by atoms with Crippen LogP contribution < -0.4 is 5.48 Å². The third-order valence-electron chi connectivity index (χ3n) is 2.36. The molecule has 0 aliphatic carbocycles. The van der Waals surface area contributed by atoms with Crippen LogP contribution in [-0.2, 0) is 9.53 Å². The second-order valence-corrected chi connectivity index (χ2v) is 2.88. The molecule has 13 heavy (non-hydrogen) atoms. The highest BCUT2D eigenvalue weighted by molar-refractivity contribution is 5.81. The summed E-state index contributed by atoms with van der Waals surface area (Å²) in [5.41, 5.74) is 1.20. The molecular weight excluding hydrogens is 170 g/mol. The number of nitrogens with one attached hydrogen (secondary N) is 1. The maximum absolute atomic E-state index is 11.1. The van der Waals surface area contributed by atoms with Gasteiger partial charge in [0.15, 0.2) is 0 Å². The van der Waals surface area contributed by atoms with Crippen LogP contribution in [0.15, 0.2) is 0 Å². The van der Waals surface area contributed by atoms with Gasteiger partial charge in [0.2, 0.25) is 0 Å². The molecule has 4 heteroatoms. The molecule has 0 saturated carbocycles. The summed E-state index contributed by atoms with van der Waals surface area (Å²) in [4.78, 5) is 11.1. The molecule has 1 heterocycles. The van der Waals surface area contributed by atoms with E-state index in [0.29, 0.717) is 26.1 Å². The van der Waals surface area contributed by atoms with Crippen LogP contribution >= 0.6 is 0 Å². The van der Waals surface area contributed by atoms with Gasteiger partial charge in [0.05, 0.1) is 12.0 Å². The van der Waals surface area contributed by atoms with E-state index < -0.39 is 5.41 Å². The van der Waals surface area contributed by atoms with Crippen LogP contribution in [0.2, 0.25) is 0 Å². The first-order valence-electron chi connectivity index (χ1n) is 4.77. The Balaban J connectivity index is 0.000000671. The lowest BCUT2D eigenvalue weighted by atomic mass is 9.84. The van der Waals surface area contributed by atoms with E-state index in [2.05, 4.69) is 0 Å². The van der Waals surface area contributed by atoms with Crippen LogP contribution in [0.25, 0.3) is 0 Å². The largest absolute Gasteiger partial charge is 0.380 e. The first-order valence-corrected chi connectivity index (χ1v) is 4.77. The predicted molar refractivity (Wildman–Crippen MR) is 49.4 cm³/mol. The molecule has 1 fully saturated rings. The fourth-order valence-corrected chi connectivity index (χ4v) is 1.34. The van der Waals surface area contributed by atoms with Crippen LogP contribution in [0.3, 0.4) is 0 Å². The van der Waals surface area contributed by atoms with Gasteiger partial charge in [0, 0.05) is 6.61 Å². The first kappa shape index (κ1) is 12.4. The average Bonchev–Trinajstić information content (AvgIpc) is 2.69. The molecule has 1 aliphatic heterocycles. The van der Waals surface area contributed by atoms with Crippen molar-refractivity contribution in [2.75, 3.05) is 13.2 Å². The summed E-state index contributed by atoms with van der Waals surface area (Å²) in [6.45, 7) is 6.96. The molecule has 0 bridgehead atoms. The minimum atomic E-state index is -0.477. The number of carbonyl (C=O) groups is 1. The molecule has 0 aromatic rings. The van der Waals surface area contributed by atoms with Crippen LogP contribution in [0.5, 0.6) is 0 Å². The van der Waals surface area contributed by atoms with Crippen LogP contribution in [0.4, 0.5) is 0 Å². The van der Waals surface area contributed by atoms with Crippen molar-refractivity contribution in [3.05, 3.63) is 0 Å². The van der Waals surface area contributed by atoms with Crippen molar-refractivity contribution >= 4 is 5.91 Å². The molecule has 78 valence electrons. The van der Waals surface area contributed by atoms with Crippen molar-refractivity contribution in [2.45, 2.75) is 33.6 Å². The lowest BCUT2D eigenvalue weighted by molar-refractivity contribution is -0.140. The minimum Gasteiger partial charge on any atom is -0.380 e. The topological polar surface area (TPSA) is 58.6 Å². The molecule has 0 spiro atoms. The third-order valence-corrected chi connectivity index (χ3v) is 2.36. The molecular formula is C9H19NO3. The lowest BCUT2D eigenvalue weighted by Gasteiger charge is -2.21. The molecule has 1 atom stereocenters. The minimum absolute atomic E-state index is 0.322. The van der Waals surface area contributed by atoms with E-state index in [4.69, 9.17) is 9.94 Å². The Morgan fingerprint density at radius 1 is 1.62 bits per heavy atom. The number of hydrogen-bond acceptors (Lipinski definition) is 3. The molecule has 0 radical (unpaired) electrons. The Bertz CT molecular complexity index is 153. The van der Waals surface area contributed by atoms with E-state index in [-0.39, 0.29) is 5.91 Å². The lowest BCUT2D eigenvalue weighted by Crippen LogP contribution is -2.39. The fraction of sp³-hybridized carbons (Fsp3) is 0.889. The molecule has 0 aromatic carbocycles. The molecule has 1 unspecified atom stereocenters. The molecule has 4 nitrogen and oxygen atoms in total. The summed E-state index contributed by atoms with van der Waals surface area (Å²) >= 11 is 0. The Hall–Kier alpha value is -0.610. The second-order valence-electron chi connectivity index (χ2n) is 2.88. The van der Waals surface area contributed by atoms with Gasteiger partial charge in [-0.25, -0.2) is 5.48 Å². The van der Waals surface area contributed by atoms with E-state index >= 15 is 0 Å². The number of amides is 1. The summed E-state index contributed by atoms with van der Waals surface area (Å²) in [5, 5.41) is 8.44. The molecule has 1 aliphatic rings. The van der Waals surface area contributed by atoms with E-state index in [1.54, 1.807) is 5.48 Å². The SMILES string of the molecule is CC.CCC1(C(=O)NO)CCOC1. The van der Waals surface area contributed by atoms with Crippen molar-refractivity contribution in [2.24, 2.45) is 5.41 Å². The van der Waals surface area contributed by atoms with Gasteiger partial charge in [-0.3, -0.25) is 10.0 Å². The van der Waals surface area contributed by atoms with Crippen molar-refractivity contribution in [1.82, 2.24) is 5.48 Å². The summed E-state index contributed by atoms with van der Waals surface area (Å²) in [5.74, 6) is -0.322. The number of hydrogen-bond donors (Lipinski definition) is 2. The van der Waals surface area contributed by atoms with Crippen molar-refractivity contribution in [3.8, 4) is 0 Å². The number of ether oxygens (including phenoxy) is 1. The summed E-state index contributed by atoms with van der Waals surface area (Å²) in [6.07, 6.45) is 1.41. The Morgan fingerprint density at radius 2 is 2.23 bits per heavy atom. The van der Waals surface area contributed by atoms with E-state index in [0.717, 1.165) is 0 Å². The zero-order valence-corrected chi connectivity index (χ0v) is 8.59. The maximum Gasteiger partial charge on any atom is 0.251 e. The third kappa shape index (κ3) is 2.67. The molecule has 1 rings (SSSR count). The van der Waals surface area contributed by atoms with Crippen LogP contribution in [0.1, 0.15) is 33.6 Å². The Labute approximate surface area is 79.2 Å². The van der Waals surface area contributed by atoms with Gasteiger partial charge in [-0.15, -0.1) is 0 Å². The van der Waals surface area contributed by atoms with Gasteiger partial charge in [-0.1, -0.05) is 20.8 Å². The Kier molecular flexibility index (Phi) is 5.66. The van der Waals surface area contributed by atoms with Crippen molar-refractivity contribution < 1.29 is 14.7 Å². The highest BCUT2D eigenvalue weighted by atomic mass is 16.5. The number of rotatable bonds is 2. The summed E-state index contributed by atoms with van der Waals surface area (Å²) < 4.78 is 5.10. The summed E-state index contributed by atoms with van der Waals surface area (Å²) in [6, 6.07) is 0. The van der Waals surface area contributed by atoms with Gasteiger partial charge in [0.1, 0.15) is 0 Å². The standard InChI is InChI=1S/C7H13NO3.C2H6/c1-2-7(6(9)8-10)3-4-11-5-7;1-2/h10H,2-5H2,1H3,(H,8,9);1-2H3. The smallest absolute Gasteiger partial charge is 0.251 e. The summed E-state index contributed by atoms with van der Waals surface area (Å²) in [7, 11) is 0. The highest BCUT2D eigenvalue weighted by Crippen LogP contribution is 2.31. The van der Waals surface area contributed by atoms with Gasteiger partial charge in [-0.2, -0.15) is 0 Å². The van der Waals surface area contributed by atoms with Crippen molar-refractivity contribution in [3.63, 3.8) is 0 Å². The first-order chi connectivity index (χ1) is 6.25. The van der Waals surface area contributed by atoms with Crippen LogP contribution in [0, 0.1) is 5.41 Å². The van der Waals surface area contributed by atoms with Gasteiger partial charge in [-0.05, 0) is 12.8 Å².